The molecule has 1 fully saturated rings. The first-order chi connectivity index (χ1) is 8.75. The Balaban J connectivity index is 1.70. The van der Waals surface area contributed by atoms with E-state index in [0.29, 0.717) is 18.6 Å². The number of likely N-dealkylation sites (tertiary alicyclic amines) is 1. The van der Waals surface area contributed by atoms with E-state index in [9.17, 15) is 0 Å². The summed E-state index contributed by atoms with van der Waals surface area (Å²) in [6, 6.07) is 10.7. The molecule has 3 heteroatoms. The van der Waals surface area contributed by atoms with Gasteiger partial charge in [-0.05, 0) is 44.8 Å². The molecule has 1 saturated heterocycles. The molecule has 1 heterocycles. The first kappa shape index (κ1) is 13.5. The molecule has 2 unspecified atom stereocenters. The van der Waals surface area contributed by atoms with Crippen LogP contribution in [0.2, 0.25) is 0 Å². The third kappa shape index (κ3) is 4.09. The molecule has 1 aliphatic rings. The lowest BCUT2D eigenvalue weighted by Gasteiger charge is -2.33. The number of nitrogens with one attached hydrogen (secondary N) is 1. The minimum absolute atomic E-state index is 0.413. The molecule has 18 heavy (non-hydrogen) atoms. The van der Waals surface area contributed by atoms with Crippen LogP contribution in [0.25, 0.3) is 0 Å². The zero-order chi connectivity index (χ0) is 12.8. The number of hydroxylamine groups is 1. The summed E-state index contributed by atoms with van der Waals surface area (Å²) in [5.74, 6) is 0.694. The molecule has 1 aromatic carbocycles. The predicted octanol–water partition coefficient (Wildman–Crippen LogP) is 2.44. The van der Waals surface area contributed by atoms with Crippen molar-refractivity contribution in [3.8, 4) is 0 Å². The first-order valence-electron chi connectivity index (χ1n) is 6.85. The average molecular weight is 248 g/mol. The second-order valence-electron chi connectivity index (χ2n) is 5.35. The summed E-state index contributed by atoms with van der Waals surface area (Å²) in [7, 11) is 2.20. The second-order valence-corrected chi connectivity index (χ2v) is 5.35. The molecular formula is C15H24N2O. The van der Waals surface area contributed by atoms with Gasteiger partial charge in [0.2, 0.25) is 0 Å². The molecule has 3 nitrogen and oxygen atoms in total. The Hall–Kier alpha value is -0.900. The van der Waals surface area contributed by atoms with Gasteiger partial charge >= 0.3 is 0 Å². The molecule has 100 valence electrons. The highest BCUT2D eigenvalue weighted by molar-refractivity contribution is 5.13. The lowest BCUT2D eigenvalue weighted by atomic mass is 9.92. The normalized spacial score (nSPS) is 22.9. The van der Waals surface area contributed by atoms with E-state index >= 15 is 0 Å². The van der Waals surface area contributed by atoms with E-state index in [2.05, 4.69) is 36.5 Å². The van der Waals surface area contributed by atoms with Crippen LogP contribution in [-0.4, -0.2) is 31.1 Å². The molecule has 0 spiro atoms. The van der Waals surface area contributed by atoms with Crippen molar-refractivity contribution >= 4 is 0 Å². The maximum Gasteiger partial charge on any atom is 0.0933 e. The van der Waals surface area contributed by atoms with Crippen molar-refractivity contribution in [3.63, 3.8) is 0 Å². The van der Waals surface area contributed by atoms with Gasteiger partial charge in [-0.3, -0.25) is 4.84 Å². The zero-order valence-electron chi connectivity index (χ0n) is 11.4. The summed E-state index contributed by atoms with van der Waals surface area (Å²) >= 11 is 0. The van der Waals surface area contributed by atoms with Gasteiger partial charge in [0.25, 0.3) is 0 Å². The van der Waals surface area contributed by atoms with E-state index in [1.807, 2.05) is 18.2 Å². The Kier molecular flexibility index (Phi) is 5.17. The number of benzene rings is 1. The maximum atomic E-state index is 5.60. The van der Waals surface area contributed by atoms with Gasteiger partial charge in [0.15, 0.2) is 0 Å². The third-order valence-electron chi connectivity index (χ3n) is 3.72. The maximum absolute atomic E-state index is 5.60. The molecule has 0 saturated carbocycles. The minimum Gasteiger partial charge on any atom is -0.306 e. The monoisotopic (exact) mass is 248 g/mol. The van der Waals surface area contributed by atoms with Crippen LogP contribution >= 0.6 is 0 Å². The van der Waals surface area contributed by atoms with Crippen LogP contribution in [0.4, 0.5) is 0 Å². The van der Waals surface area contributed by atoms with Crippen LogP contribution in [0.5, 0.6) is 0 Å². The average Bonchev–Trinajstić information content (AvgIpc) is 2.40. The van der Waals surface area contributed by atoms with Gasteiger partial charge in [-0.25, -0.2) is 0 Å². The molecule has 1 aliphatic heterocycles. The molecular weight excluding hydrogens is 224 g/mol. The van der Waals surface area contributed by atoms with Crippen LogP contribution in [0.1, 0.15) is 25.3 Å². The van der Waals surface area contributed by atoms with E-state index in [-0.39, 0.29) is 0 Å². The second kappa shape index (κ2) is 6.88. The Labute approximate surface area is 110 Å². The Morgan fingerprint density at radius 2 is 2.17 bits per heavy atom. The third-order valence-corrected chi connectivity index (χ3v) is 3.72. The van der Waals surface area contributed by atoms with Crippen LogP contribution in [0, 0.1) is 5.92 Å². The van der Waals surface area contributed by atoms with Crippen molar-refractivity contribution in [1.82, 2.24) is 10.4 Å². The summed E-state index contributed by atoms with van der Waals surface area (Å²) < 4.78 is 0. The smallest absolute Gasteiger partial charge is 0.0933 e. The molecule has 1 aromatic rings. The van der Waals surface area contributed by atoms with Crippen LogP contribution in [0.15, 0.2) is 30.3 Å². The number of piperidine rings is 1. The summed E-state index contributed by atoms with van der Waals surface area (Å²) in [5, 5.41) is 0. The summed E-state index contributed by atoms with van der Waals surface area (Å²) in [5.41, 5.74) is 4.40. The minimum atomic E-state index is 0.413. The lowest BCUT2D eigenvalue weighted by molar-refractivity contribution is -0.0142. The van der Waals surface area contributed by atoms with Crippen LogP contribution < -0.4 is 5.48 Å². The fourth-order valence-corrected chi connectivity index (χ4v) is 2.54. The van der Waals surface area contributed by atoms with Crippen molar-refractivity contribution in [2.24, 2.45) is 5.92 Å². The zero-order valence-corrected chi connectivity index (χ0v) is 11.4. The quantitative estimate of drug-likeness (QED) is 0.810. The Morgan fingerprint density at radius 3 is 2.89 bits per heavy atom. The highest BCUT2D eigenvalue weighted by Crippen LogP contribution is 2.18. The van der Waals surface area contributed by atoms with Crippen molar-refractivity contribution in [2.75, 3.05) is 20.1 Å². The van der Waals surface area contributed by atoms with Crippen LogP contribution in [-0.2, 0) is 11.4 Å². The summed E-state index contributed by atoms with van der Waals surface area (Å²) in [6.45, 7) is 5.25. The highest BCUT2D eigenvalue weighted by Gasteiger charge is 2.22. The molecule has 2 rings (SSSR count). The molecule has 2 atom stereocenters. The number of hydrogen-bond donors (Lipinski definition) is 1. The first-order valence-corrected chi connectivity index (χ1v) is 6.85. The fraction of sp³-hybridized carbons (Fsp3) is 0.600. The highest BCUT2D eigenvalue weighted by atomic mass is 16.6. The van der Waals surface area contributed by atoms with Crippen molar-refractivity contribution in [2.45, 2.75) is 32.4 Å². The van der Waals surface area contributed by atoms with Gasteiger partial charge in [-0.2, -0.15) is 5.48 Å². The summed E-state index contributed by atoms with van der Waals surface area (Å²) in [4.78, 5) is 8.01. The van der Waals surface area contributed by atoms with Gasteiger partial charge in [0.05, 0.1) is 6.61 Å². The van der Waals surface area contributed by atoms with Gasteiger partial charge in [0.1, 0.15) is 0 Å². The van der Waals surface area contributed by atoms with E-state index < -0.39 is 0 Å². The number of nitrogens with zero attached hydrogens (tertiary/aromatic N) is 1. The van der Waals surface area contributed by atoms with Crippen LogP contribution in [0.3, 0.4) is 0 Å². The molecule has 1 N–H and O–H groups in total. The van der Waals surface area contributed by atoms with E-state index in [1.54, 1.807) is 0 Å². The van der Waals surface area contributed by atoms with Gasteiger partial charge in [-0.15, -0.1) is 0 Å². The summed E-state index contributed by atoms with van der Waals surface area (Å²) in [6.07, 6.45) is 2.60. The number of rotatable bonds is 5. The fourth-order valence-electron chi connectivity index (χ4n) is 2.54. The predicted molar refractivity (Wildman–Crippen MR) is 74.0 cm³/mol. The Morgan fingerprint density at radius 1 is 1.39 bits per heavy atom. The van der Waals surface area contributed by atoms with E-state index in [4.69, 9.17) is 4.84 Å². The van der Waals surface area contributed by atoms with E-state index in [1.165, 1.54) is 31.5 Å². The Bertz CT molecular complexity index is 342. The molecule has 0 aliphatic carbocycles. The van der Waals surface area contributed by atoms with E-state index in [0.717, 1.165) is 0 Å². The SMILES string of the molecule is CC(NOCc1ccccc1)C1CCCN(C)C1. The van der Waals surface area contributed by atoms with Crippen molar-refractivity contribution in [1.29, 1.82) is 0 Å². The molecule has 0 bridgehead atoms. The van der Waals surface area contributed by atoms with Gasteiger partial charge in [-0.1, -0.05) is 30.3 Å². The van der Waals surface area contributed by atoms with Crippen molar-refractivity contribution in [3.05, 3.63) is 35.9 Å². The standard InChI is InChI=1S/C15H24N2O/c1-13(15-9-6-10-17(2)11-15)16-18-12-14-7-4-3-5-8-14/h3-5,7-8,13,15-16H,6,9-12H2,1-2H3. The topological polar surface area (TPSA) is 24.5 Å². The molecule has 0 aromatic heterocycles. The molecule has 0 radical (unpaired) electrons. The number of hydrogen-bond acceptors (Lipinski definition) is 3. The van der Waals surface area contributed by atoms with Gasteiger partial charge < -0.3 is 4.90 Å². The largest absolute Gasteiger partial charge is 0.306 e. The molecule has 0 amide bonds. The lowest BCUT2D eigenvalue weighted by Crippen LogP contribution is -2.42. The van der Waals surface area contributed by atoms with Gasteiger partial charge in [0, 0.05) is 12.6 Å². The van der Waals surface area contributed by atoms with Crippen molar-refractivity contribution < 1.29 is 4.84 Å².